The number of nitrogens with zero attached hydrogens (tertiary/aromatic N) is 2. The number of aromatic nitrogens is 1. The average Bonchev–Trinajstić information content (AvgIpc) is 2.93. The minimum absolute atomic E-state index is 0.0227. The Morgan fingerprint density at radius 3 is 2.86 bits per heavy atom. The largest absolute Gasteiger partial charge is 0.481 e. The molecule has 1 aromatic heterocycles. The SMILES string of the molecule is O=C(O)CC1CCCN1C(=O)c1ccc2ccc(Cl)cc2n1. The Kier molecular flexibility index (Phi) is 3.98. The van der Waals surface area contributed by atoms with Gasteiger partial charge in [0, 0.05) is 23.0 Å². The molecule has 1 fully saturated rings. The predicted octanol–water partition coefficient (Wildman–Crippen LogP) is 2.97. The Labute approximate surface area is 132 Å². The van der Waals surface area contributed by atoms with Crippen molar-refractivity contribution in [2.24, 2.45) is 0 Å². The van der Waals surface area contributed by atoms with E-state index in [2.05, 4.69) is 4.98 Å². The number of carboxylic acid groups (broad SMARTS) is 1. The van der Waals surface area contributed by atoms with Gasteiger partial charge in [0.1, 0.15) is 5.69 Å². The molecule has 5 nitrogen and oxygen atoms in total. The molecule has 3 rings (SSSR count). The Balaban J connectivity index is 1.89. The fourth-order valence-corrected chi connectivity index (χ4v) is 3.04. The van der Waals surface area contributed by atoms with Crippen LogP contribution in [0.25, 0.3) is 10.9 Å². The maximum absolute atomic E-state index is 12.6. The number of amides is 1. The number of rotatable bonds is 3. The van der Waals surface area contributed by atoms with E-state index in [0.29, 0.717) is 22.8 Å². The number of benzene rings is 1. The summed E-state index contributed by atoms with van der Waals surface area (Å²) in [7, 11) is 0. The fraction of sp³-hybridized carbons (Fsp3) is 0.312. The Hall–Kier alpha value is -2.14. The van der Waals surface area contributed by atoms with Crippen molar-refractivity contribution < 1.29 is 14.7 Å². The van der Waals surface area contributed by atoms with E-state index in [-0.39, 0.29) is 18.4 Å². The molecule has 0 radical (unpaired) electrons. The maximum atomic E-state index is 12.6. The molecule has 0 saturated carbocycles. The van der Waals surface area contributed by atoms with Gasteiger partial charge in [-0.1, -0.05) is 23.7 Å². The number of likely N-dealkylation sites (tertiary alicyclic amines) is 1. The van der Waals surface area contributed by atoms with Gasteiger partial charge in [-0.25, -0.2) is 4.98 Å². The molecule has 1 amide bonds. The number of aliphatic carboxylic acids is 1. The quantitative estimate of drug-likeness (QED) is 0.944. The van der Waals surface area contributed by atoms with E-state index < -0.39 is 5.97 Å². The van der Waals surface area contributed by atoms with Crippen LogP contribution in [0.2, 0.25) is 5.02 Å². The first-order chi connectivity index (χ1) is 10.5. The van der Waals surface area contributed by atoms with E-state index in [1.807, 2.05) is 12.1 Å². The molecule has 0 aliphatic carbocycles. The predicted molar refractivity (Wildman–Crippen MR) is 83.1 cm³/mol. The Morgan fingerprint density at radius 1 is 1.32 bits per heavy atom. The summed E-state index contributed by atoms with van der Waals surface area (Å²) in [5.74, 6) is -1.10. The lowest BCUT2D eigenvalue weighted by Crippen LogP contribution is -2.37. The molecule has 0 spiro atoms. The summed E-state index contributed by atoms with van der Waals surface area (Å²) >= 11 is 5.96. The molecule has 0 bridgehead atoms. The lowest BCUT2D eigenvalue weighted by atomic mass is 10.1. The summed E-state index contributed by atoms with van der Waals surface area (Å²) < 4.78 is 0. The summed E-state index contributed by atoms with van der Waals surface area (Å²) in [6.45, 7) is 0.575. The zero-order valence-electron chi connectivity index (χ0n) is 11.8. The highest BCUT2D eigenvalue weighted by atomic mass is 35.5. The number of carboxylic acids is 1. The van der Waals surface area contributed by atoms with Crippen molar-refractivity contribution in [3.63, 3.8) is 0 Å². The molecule has 1 aromatic carbocycles. The molecule has 2 heterocycles. The molecule has 1 unspecified atom stereocenters. The smallest absolute Gasteiger partial charge is 0.305 e. The van der Waals surface area contributed by atoms with E-state index in [1.165, 1.54) is 0 Å². The number of carbonyl (C=O) groups is 2. The number of hydrogen-bond acceptors (Lipinski definition) is 3. The third-order valence-electron chi connectivity index (χ3n) is 3.92. The summed E-state index contributed by atoms with van der Waals surface area (Å²) in [6.07, 6.45) is 1.52. The van der Waals surface area contributed by atoms with Crippen molar-refractivity contribution in [1.29, 1.82) is 0 Å². The Morgan fingerprint density at radius 2 is 2.09 bits per heavy atom. The molecule has 6 heteroatoms. The van der Waals surface area contributed by atoms with Crippen molar-refractivity contribution in [3.8, 4) is 0 Å². The van der Waals surface area contributed by atoms with Crippen LogP contribution in [0, 0.1) is 0 Å². The molecule has 1 aliphatic rings. The minimum atomic E-state index is -0.886. The van der Waals surface area contributed by atoms with Crippen LogP contribution in [0.15, 0.2) is 30.3 Å². The van der Waals surface area contributed by atoms with Gasteiger partial charge in [0.05, 0.1) is 11.9 Å². The summed E-state index contributed by atoms with van der Waals surface area (Å²) in [4.78, 5) is 29.5. The van der Waals surface area contributed by atoms with Crippen LogP contribution in [-0.4, -0.2) is 39.5 Å². The maximum Gasteiger partial charge on any atom is 0.305 e. The number of hydrogen-bond donors (Lipinski definition) is 1. The molecule has 1 N–H and O–H groups in total. The third kappa shape index (κ3) is 2.90. The molecule has 2 aromatic rings. The number of fused-ring (bicyclic) bond motifs is 1. The minimum Gasteiger partial charge on any atom is -0.481 e. The van der Waals surface area contributed by atoms with Crippen LogP contribution in [0.1, 0.15) is 29.8 Å². The van der Waals surface area contributed by atoms with Gasteiger partial charge in [-0.15, -0.1) is 0 Å². The van der Waals surface area contributed by atoms with Crippen molar-refractivity contribution in [2.45, 2.75) is 25.3 Å². The van der Waals surface area contributed by atoms with Gasteiger partial charge < -0.3 is 10.0 Å². The molecule has 22 heavy (non-hydrogen) atoms. The van der Waals surface area contributed by atoms with Crippen LogP contribution in [0.3, 0.4) is 0 Å². The third-order valence-corrected chi connectivity index (χ3v) is 4.16. The van der Waals surface area contributed by atoms with Crippen LogP contribution in [-0.2, 0) is 4.79 Å². The second-order valence-electron chi connectivity index (χ2n) is 5.43. The topological polar surface area (TPSA) is 70.5 Å². The van der Waals surface area contributed by atoms with Gasteiger partial charge in [-0.2, -0.15) is 0 Å². The molecule has 1 aliphatic heterocycles. The zero-order valence-corrected chi connectivity index (χ0v) is 12.6. The molecule has 114 valence electrons. The van der Waals surface area contributed by atoms with Crippen molar-refractivity contribution >= 4 is 34.4 Å². The van der Waals surface area contributed by atoms with Gasteiger partial charge in [0.15, 0.2) is 0 Å². The molecule has 1 saturated heterocycles. The second-order valence-corrected chi connectivity index (χ2v) is 5.86. The highest BCUT2D eigenvalue weighted by molar-refractivity contribution is 6.31. The fourth-order valence-electron chi connectivity index (χ4n) is 2.87. The van der Waals surface area contributed by atoms with Crippen LogP contribution >= 0.6 is 11.6 Å². The average molecular weight is 319 g/mol. The van der Waals surface area contributed by atoms with Crippen LogP contribution in [0.4, 0.5) is 0 Å². The second kappa shape index (κ2) is 5.93. The first-order valence-corrected chi connectivity index (χ1v) is 7.51. The summed E-state index contributed by atoms with van der Waals surface area (Å²) in [5, 5.41) is 10.4. The molecular formula is C16H15ClN2O3. The van der Waals surface area contributed by atoms with Gasteiger partial charge in [-0.05, 0) is 31.0 Å². The highest BCUT2D eigenvalue weighted by Gasteiger charge is 2.31. The lowest BCUT2D eigenvalue weighted by Gasteiger charge is -2.23. The van der Waals surface area contributed by atoms with Gasteiger partial charge in [-0.3, -0.25) is 9.59 Å². The monoisotopic (exact) mass is 318 g/mol. The number of carbonyl (C=O) groups excluding carboxylic acids is 1. The summed E-state index contributed by atoms with van der Waals surface area (Å²) in [6, 6.07) is 8.59. The first kappa shape index (κ1) is 14.8. The highest BCUT2D eigenvalue weighted by Crippen LogP contribution is 2.23. The molecular weight excluding hydrogens is 304 g/mol. The standard InChI is InChI=1S/C16H15ClN2O3/c17-11-5-3-10-4-6-13(18-14(10)8-11)16(22)19-7-1-2-12(19)9-15(20)21/h3-6,8,12H,1-2,7,9H2,(H,20,21). The van der Waals surface area contributed by atoms with Gasteiger partial charge in [0.25, 0.3) is 5.91 Å². The van der Waals surface area contributed by atoms with E-state index in [1.54, 1.807) is 23.1 Å². The van der Waals surface area contributed by atoms with Crippen LogP contribution < -0.4 is 0 Å². The van der Waals surface area contributed by atoms with E-state index >= 15 is 0 Å². The lowest BCUT2D eigenvalue weighted by molar-refractivity contribution is -0.137. The Bertz CT molecular complexity index is 747. The first-order valence-electron chi connectivity index (χ1n) is 7.13. The van der Waals surface area contributed by atoms with E-state index in [9.17, 15) is 9.59 Å². The van der Waals surface area contributed by atoms with Gasteiger partial charge in [0.2, 0.25) is 0 Å². The number of pyridine rings is 1. The summed E-state index contributed by atoms with van der Waals surface area (Å²) in [5.41, 5.74) is 0.986. The van der Waals surface area contributed by atoms with Crippen molar-refractivity contribution in [3.05, 3.63) is 41.0 Å². The van der Waals surface area contributed by atoms with Crippen molar-refractivity contribution in [1.82, 2.24) is 9.88 Å². The van der Waals surface area contributed by atoms with Gasteiger partial charge >= 0.3 is 5.97 Å². The normalized spacial score (nSPS) is 17.9. The number of halogens is 1. The zero-order chi connectivity index (χ0) is 15.7. The van der Waals surface area contributed by atoms with E-state index in [0.717, 1.165) is 18.2 Å². The van der Waals surface area contributed by atoms with Crippen molar-refractivity contribution in [2.75, 3.05) is 6.54 Å². The molecule has 1 atom stereocenters. The van der Waals surface area contributed by atoms with Crippen LogP contribution in [0.5, 0.6) is 0 Å². The van der Waals surface area contributed by atoms with E-state index in [4.69, 9.17) is 16.7 Å².